The van der Waals surface area contributed by atoms with Crippen LogP contribution >= 0.6 is 11.8 Å². The van der Waals surface area contributed by atoms with Crippen molar-refractivity contribution in [2.75, 3.05) is 0 Å². The van der Waals surface area contributed by atoms with Crippen LogP contribution in [0, 0.1) is 11.6 Å². The van der Waals surface area contributed by atoms with Gasteiger partial charge in [-0.3, -0.25) is 4.57 Å². The highest BCUT2D eigenvalue weighted by molar-refractivity contribution is 7.99. The van der Waals surface area contributed by atoms with Crippen LogP contribution in [-0.4, -0.2) is 25.0 Å². The van der Waals surface area contributed by atoms with Crippen molar-refractivity contribution in [3.8, 4) is 22.8 Å². The number of nitrogens with zero attached hydrogens (tertiary/aromatic N) is 5. The van der Waals surface area contributed by atoms with Crippen LogP contribution in [0.3, 0.4) is 0 Å². The number of hydrogen-bond acceptors (Lipinski definition) is 6. The van der Waals surface area contributed by atoms with Crippen LogP contribution < -0.4 is 0 Å². The zero-order chi connectivity index (χ0) is 20.7. The van der Waals surface area contributed by atoms with Crippen LogP contribution in [0.4, 0.5) is 8.78 Å². The van der Waals surface area contributed by atoms with E-state index >= 15 is 0 Å². The predicted molar refractivity (Wildman–Crippen MR) is 108 cm³/mol. The summed E-state index contributed by atoms with van der Waals surface area (Å²) in [5.41, 5.74) is 1.09. The maximum absolute atomic E-state index is 14.3. The van der Waals surface area contributed by atoms with E-state index in [1.165, 1.54) is 30.0 Å². The van der Waals surface area contributed by atoms with Gasteiger partial charge >= 0.3 is 0 Å². The molecule has 1 atom stereocenters. The van der Waals surface area contributed by atoms with Gasteiger partial charge in [-0.05, 0) is 56.2 Å². The molecule has 9 heteroatoms. The Morgan fingerprint density at radius 2 is 1.77 bits per heavy atom. The minimum Gasteiger partial charge on any atom is -0.419 e. The molecule has 5 rings (SSSR count). The van der Waals surface area contributed by atoms with E-state index in [4.69, 9.17) is 4.42 Å². The Morgan fingerprint density at radius 1 is 1.00 bits per heavy atom. The van der Waals surface area contributed by atoms with Crippen molar-refractivity contribution in [2.24, 2.45) is 0 Å². The van der Waals surface area contributed by atoms with E-state index in [-0.39, 0.29) is 22.9 Å². The summed E-state index contributed by atoms with van der Waals surface area (Å²) < 4.78 is 35.2. The lowest BCUT2D eigenvalue weighted by atomic mass is 10.2. The molecule has 0 unspecified atom stereocenters. The predicted octanol–water partition coefficient (Wildman–Crippen LogP) is 5.46. The third kappa shape index (κ3) is 3.60. The summed E-state index contributed by atoms with van der Waals surface area (Å²) in [5.74, 6) is 0.637. The van der Waals surface area contributed by atoms with Crippen molar-refractivity contribution in [3.05, 3.63) is 66.1 Å². The molecule has 0 bridgehead atoms. The maximum Gasteiger partial charge on any atom is 0.247 e. The van der Waals surface area contributed by atoms with E-state index in [9.17, 15) is 8.78 Å². The molecule has 4 aromatic rings. The van der Waals surface area contributed by atoms with Gasteiger partial charge in [-0.1, -0.05) is 23.9 Å². The summed E-state index contributed by atoms with van der Waals surface area (Å²) in [4.78, 5) is 0. The van der Waals surface area contributed by atoms with Gasteiger partial charge in [0.2, 0.25) is 11.8 Å². The zero-order valence-electron chi connectivity index (χ0n) is 16.0. The molecule has 1 saturated carbocycles. The summed E-state index contributed by atoms with van der Waals surface area (Å²) in [6.07, 6.45) is 2.02. The lowest BCUT2D eigenvalue weighted by molar-refractivity contribution is 0.508. The first-order chi connectivity index (χ1) is 14.6. The molecule has 0 radical (unpaired) electrons. The fourth-order valence-electron chi connectivity index (χ4n) is 3.16. The van der Waals surface area contributed by atoms with Crippen molar-refractivity contribution in [1.82, 2.24) is 25.0 Å². The molecule has 1 aliphatic rings. The Morgan fingerprint density at radius 3 is 2.50 bits per heavy atom. The molecule has 0 spiro atoms. The van der Waals surface area contributed by atoms with E-state index in [2.05, 4.69) is 20.4 Å². The second-order valence-electron chi connectivity index (χ2n) is 7.10. The molecule has 0 saturated heterocycles. The van der Waals surface area contributed by atoms with Crippen LogP contribution in [-0.2, 0) is 0 Å². The molecular weight excluding hydrogens is 408 g/mol. The van der Waals surface area contributed by atoms with Gasteiger partial charge < -0.3 is 4.42 Å². The van der Waals surface area contributed by atoms with Gasteiger partial charge in [0.25, 0.3) is 0 Å². The molecule has 2 heterocycles. The van der Waals surface area contributed by atoms with Crippen molar-refractivity contribution >= 4 is 11.8 Å². The maximum atomic E-state index is 14.3. The first-order valence-corrected chi connectivity index (χ1v) is 10.4. The summed E-state index contributed by atoms with van der Waals surface area (Å²) in [5, 5.41) is 17.3. The van der Waals surface area contributed by atoms with Gasteiger partial charge in [0, 0.05) is 11.6 Å². The van der Waals surface area contributed by atoms with Gasteiger partial charge in [0.05, 0.1) is 10.8 Å². The molecule has 2 aromatic heterocycles. The molecule has 2 aromatic carbocycles. The Hall–Kier alpha value is -3.07. The van der Waals surface area contributed by atoms with Crippen LogP contribution in [0.25, 0.3) is 22.8 Å². The van der Waals surface area contributed by atoms with E-state index in [0.717, 1.165) is 12.8 Å². The highest BCUT2D eigenvalue weighted by Gasteiger charge is 2.32. The smallest absolute Gasteiger partial charge is 0.247 e. The molecule has 0 amide bonds. The number of aromatic nitrogens is 5. The first kappa shape index (κ1) is 18.9. The van der Waals surface area contributed by atoms with Gasteiger partial charge in [0.15, 0.2) is 11.0 Å². The minimum absolute atomic E-state index is 0.193. The molecule has 0 N–H and O–H groups in total. The molecule has 0 aliphatic heterocycles. The van der Waals surface area contributed by atoms with Crippen LogP contribution in [0.15, 0.2) is 58.1 Å². The highest BCUT2D eigenvalue weighted by atomic mass is 32.2. The second-order valence-corrected chi connectivity index (χ2v) is 8.41. The Kier molecular flexibility index (Phi) is 4.82. The summed E-state index contributed by atoms with van der Waals surface area (Å²) >= 11 is 1.43. The highest BCUT2D eigenvalue weighted by Crippen LogP contribution is 2.44. The lowest BCUT2D eigenvalue weighted by Crippen LogP contribution is -2.02. The fourth-order valence-corrected chi connectivity index (χ4v) is 4.11. The topological polar surface area (TPSA) is 69.6 Å². The van der Waals surface area contributed by atoms with E-state index in [1.807, 2.05) is 11.5 Å². The average molecular weight is 425 g/mol. The van der Waals surface area contributed by atoms with Crippen molar-refractivity contribution in [1.29, 1.82) is 0 Å². The largest absolute Gasteiger partial charge is 0.419 e. The monoisotopic (exact) mass is 425 g/mol. The summed E-state index contributed by atoms with van der Waals surface area (Å²) in [7, 11) is 0. The zero-order valence-corrected chi connectivity index (χ0v) is 16.8. The second kappa shape index (κ2) is 7.64. The number of thioether (sulfide) groups is 1. The minimum atomic E-state index is -0.326. The quantitative estimate of drug-likeness (QED) is 0.382. The fraction of sp³-hybridized carbons (Fsp3) is 0.238. The van der Waals surface area contributed by atoms with Gasteiger partial charge in [-0.15, -0.1) is 20.4 Å². The SMILES string of the molecule is C[C@@H](Sc1nnc(-c2ccccc2F)n1C1CC1)c1nnc(-c2ccc(F)cc2)o1. The molecule has 30 heavy (non-hydrogen) atoms. The molecular formula is C21H17F2N5OS. The van der Waals surface area contributed by atoms with E-state index in [0.29, 0.717) is 33.9 Å². The first-order valence-electron chi connectivity index (χ1n) is 9.56. The molecule has 152 valence electrons. The van der Waals surface area contributed by atoms with Crippen molar-refractivity contribution < 1.29 is 13.2 Å². The number of halogens is 2. The Balaban J connectivity index is 1.41. The number of benzene rings is 2. The third-order valence-electron chi connectivity index (χ3n) is 4.85. The number of hydrogen-bond donors (Lipinski definition) is 0. The van der Waals surface area contributed by atoms with Gasteiger partial charge in [-0.25, -0.2) is 8.78 Å². The third-order valence-corrected chi connectivity index (χ3v) is 5.90. The lowest BCUT2D eigenvalue weighted by Gasteiger charge is -2.11. The van der Waals surface area contributed by atoms with Crippen LogP contribution in [0.1, 0.15) is 36.9 Å². The summed E-state index contributed by atoms with van der Waals surface area (Å²) in [6, 6.07) is 12.7. The molecule has 1 fully saturated rings. The van der Waals surface area contributed by atoms with E-state index in [1.54, 1.807) is 30.3 Å². The van der Waals surface area contributed by atoms with Crippen molar-refractivity contribution in [3.63, 3.8) is 0 Å². The van der Waals surface area contributed by atoms with Crippen molar-refractivity contribution in [2.45, 2.75) is 36.2 Å². The normalized spacial score (nSPS) is 14.8. The van der Waals surface area contributed by atoms with Crippen LogP contribution in [0.5, 0.6) is 0 Å². The van der Waals surface area contributed by atoms with Gasteiger partial charge in [-0.2, -0.15) is 0 Å². The summed E-state index contributed by atoms with van der Waals surface area (Å²) in [6.45, 7) is 1.93. The average Bonchev–Trinajstić information content (AvgIpc) is 3.31. The van der Waals surface area contributed by atoms with Crippen LogP contribution in [0.2, 0.25) is 0 Å². The Bertz CT molecular complexity index is 1190. The molecule has 6 nitrogen and oxygen atoms in total. The number of rotatable bonds is 6. The van der Waals surface area contributed by atoms with Gasteiger partial charge in [0.1, 0.15) is 11.6 Å². The standard InChI is InChI=1S/C21H17F2N5OS/c1-12(19-25-26-20(29-19)13-6-8-14(22)9-7-13)30-21-27-24-18(28(21)15-10-11-15)16-4-2-3-5-17(16)23/h2-9,12,15H,10-11H2,1H3/t12-/m1/s1. The molecule has 1 aliphatic carbocycles. The Labute approximate surface area is 175 Å². The van der Waals surface area contributed by atoms with E-state index < -0.39 is 0 Å².